The number of nitrogens with one attached hydrogen (secondary N) is 3. The molecule has 1 aromatic carbocycles. The highest BCUT2D eigenvalue weighted by Crippen LogP contribution is 2.24. The predicted octanol–water partition coefficient (Wildman–Crippen LogP) is 2.64. The number of piperidine rings is 1. The first kappa shape index (κ1) is 17.0. The molecule has 3 rings (SSSR count). The van der Waals surface area contributed by atoms with Crippen LogP contribution < -0.4 is 10.6 Å². The summed E-state index contributed by atoms with van der Waals surface area (Å²) in [6, 6.07) is 8.06. The standard InChI is InChI=1S/C19H28N4O/c1-14(15-8-11-20-12-9-15)13-19(24)21-10-4-7-18-22-16-5-2-3-6-17(16)23-18/h2-3,5-6,14-15,20H,4,7-13H2,1H3,(H,21,24)(H,22,23). The molecule has 130 valence electrons. The molecule has 1 aliphatic heterocycles. The van der Waals surface area contributed by atoms with E-state index in [0.717, 1.165) is 49.3 Å². The van der Waals surface area contributed by atoms with Crippen LogP contribution >= 0.6 is 0 Å². The van der Waals surface area contributed by atoms with Gasteiger partial charge < -0.3 is 15.6 Å². The van der Waals surface area contributed by atoms with E-state index in [1.807, 2.05) is 24.3 Å². The van der Waals surface area contributed by atoms with Crippen LogP contribution in [0.4, 0.5) is 0 Å². The second-order valence-electron chi connectivity index (χ2n) is 6.92. The molecule has 5 nitrogen and oxygen atoms in total. The van der Waals surface area contributed by atoms with E-state index in [4.69, 9.17) is 0 Å². The summed E-state index contributed by atoms with van der Waals surface area (Å²) in [4.78, 5) is 20.0. The minimum Gasteiger partial charge on any atom is -0.356 e. The van der Waals surface area contributed by atoms with Gasteiger partial charge in [-0.05, 0) is 56.3 Å². The zero-order chi connectivity index (χ0) is 16.8. The van der Waals surface area contributed by atoms with Crippen LogP contribution in [0.3, 0.4) is 0 Å². The van der Waals surface area contributed by atoms with E-state index in [-0.39, 0.29) is 5.91 Å². The predicted molar refractivity (Wildman–Crippen MR) is 96.8 cm³/mol. The Morgan fingerprint density at radius 1 is 1.33 bits per heavy atom. The van der Waals surface area contributed by atoms with E-state index < -0.39 is 0 Å². The number of aromatic amines is 1. The molecular weight excluding hydrogens is 300 g/mol. The second kappa shape index (κ2) is 8.29. The summed E-state index contributed by atoms with van der Waals surface area (Å²) >= 11 is 0. The number of amides is 1. The maximum absolute atomic E-state index is 12.1. The molecule has 0 spiro atoms. The van der Waals surface area contributed by atoms with Crippen molar-refractivity contribution in [1.82, 2.24) is 20.6 Å². The van der Waals surface area contributed by atoms with Gasteiger partial charge in [-0.3, -0.25) is 4.79 Å². The number of hydrogen-bond acceptors (Lipinski definition) is 3. The van der Waals surface area contributed by atoms with E-state index >= 15 is 0 Å². The number of benzene rings is 1. The molecule has 3 N–H and O–H groups in total. The monoisotopic (exact) mass is 328 g/mol. The summed E-state index contributed by atoms with van der Waals surface area (Å²) in [5.41, 5.74) is 2.08. The zero-order valence-corrected chi connectivity index (χ0v) is 14.5. The minimum absolute atomic E-state index is 0.186. The fraction of sp³-hybridized carbons (Fsp3) is 0.579. The van der Waals surface area contributed by atoms with Crippen molar-refractivity contribution in [3.63, 3.8) is 0 Å². The molecule has 1 amide bonds. The van der Waals surface area contributed by atoms with E-state index in [9.17, 15) is 4.79 Å². The summed E-state index contributed by atoms with van der Waals surface area (Å²) in [7, 11) is 0. The van der Waals surface area contributed by atoms with Gasteiger partial charge in [-0.1, -0.05) is 19.1 Å². The van der Waals surface area contributed by atoms with Crippen molar-refractivity contribution in [3.05, 3.63) is 30.1 Å². The molecule has 2 aromatic rings. The maximum atomic E-state index is 12.1. The Hall–Kier alpha value is -1.88. The quantitative estimate of drug-likeness (QED) is 0.684. The molecular formula is C19H28N4O. The van der Waals surface area contributed by atoms with Crippen LogP contribution in [0.1, 0.15) is 38.4 Å². The summed E-state index contributed by atoms with van der Waals surface area (Å²) in [5, 5.41) is 6.44. The molecule has 0 aliphatic carbocycles. The van der Waals surface area contributed by atoms with Crippen molar-refractivity contribution in [2.75, 3.05) is 19.6 Å². The number of H-pyrrole nitrogens is 1. The Kier molecular flexibility index (Phi) is 5.86. The molecule has 1 fully saturated rings. The van der Waals surface area contributed by atoms with Crippen molar-refractivity contribution < 1.29 is 4.79 Å². The van der Waals surface area contributed by atoms with Gasteiger partial charge in [-0.25, -0.2) is 4.98 Å². The fourth-order valence-corrected chi connectivity index (χ4v) is 3.55. The summed E-state index contributed by atoms with van der Waals surface area (Å²) in [5.74, 6) is 2.34. The van der Waals surface area contributed by atoms with Gasteiger partial charge in [0.25, 0.3) is 0 Å². The van der Waals surface area contributed by atoms with Gasteiger partial charge in [-0.15, -0.1) is 0 Å². The molecule has 0 bridgehead atoms. The Labute approximate surface area is 143 Å². The van der Waals surface area contributed by atoms with Crippen LogP contribution in [0.5, 0.6) is 0 Å². The summed E-state index contributed by atoms with van der Waals surface area (Å²) in [6.07, 6.45) is 4.81. The lowest BCUT2D eigenvalue weighted by Gasteiger charge is -2.27. The van der Waals surface area contributed by atoms with Crippen LogP contribution in [0, 0.1) is 11.8 Å². The van der Waals surface area contributed by atoms with Crippen LogP contribution in [0.2, 0.25) is 0 Å². The lowest BCUT2D eigenvalue weighted by Crippen LogP contribution is -2.33. The molecule has 1 aromatic heterocycles. The first-order valence-corrected chi connectivity index (χ1v) is 9.13. The second-order valence-corrected chi connectivity index (χ2v) is 6.92. The molecule has 24 heavy (non-hydrogen) atoms. The largest absolute Gasteiger partial charge is 0.356 e. The van der Waals surface area contributed by atoms with Gasteiger partial charge in [-0.2, -0.15) is 0 Å². The Balaban J connectivity index is 1.35. The van der Waals surface area contributed by atoms with Gasteiger partial charge in [0.1, 0.15) is 5.82 Å². The third kappa shape index (κ3) is 4.57. The molecule has 0 saturated carbocycles. The zero-order valence-electron chi connectivity index (χ0n) is 14.5. The molecule has 1 unspecified atom stereocenters. The number of imidazole rings is 1. The third-order valence-corrected chi connectivity index (χ3v) is 5.05. The fourth-order valence-electron chi connectivity index (χ4n) is 3.55. The van der Waals surface area contributed by atoms with E-state index in [1.54, 1.807) is 0 Å². The number of para-hydroxylation sites is 2. The van der Waals surface area contributed by atoms with Crippen LogP contribution in [-0.4, -0.2) is 35.5 Å². The van der Waals surface area contributed by atoms with Gasteiger partial charge >= 0.3 is 0 Å². The molecule has 2 heterocycles. The number of carbonyl (C=O) groups is 1. The van der Waals surface area contributed by atoms with E-state index in [1.165, 1.54) is 12.8 Å². The molecule has 1 saturated heterocycles. The van der Waals surface area contributed by atoms with E-state index in [0.29, 0.717) is 18.3 Å². The first-order valence-electron chi connectivity index (χ1n) is 9.13. The topological polar surface area (TPSA) is 69.8 Å². The highest BCUT2D eigenvalue weighted by atomic mass is 16.1. The van der Waals surface area contributed by atoms with Crippen LogP contribution in [0.15, 0.2) is 24.3 Å². The number of carbonyl (C=O) groups excluding carboxylic acids is 1. The Bertz CT molecular complexity index is 627. The average Bonchev–Trinajstić information content (AvgIpc) is 3.02. The van der Waals surface area contributed by atoms with Crippen molar-refractivity contribution >= 4 is 16.9 Å². The molecule has 0 radical (unpaired) electrons. The highest BCUT2D eigenvalue weighted by Gasteiger charge is 2.21. The Morgan fingerprint density at radius 2 is 2.12 bits per heavy atom. The smallest absolute Gasteiger partial charge is 0.220 e. The Morgan fingerprint density at radius 3 is 2.92 bits per heavy atom. The normalized spacial score (nSPS) is 17.0. The third-order valence-electron chi connectivity index (χ3n) is 5.05. The first-order chi connectivity index (χ1) is 11.7. The maximum Gasteiger partial charge on any atom is 0.220 e. The van der Waals surface area contributed by atoms with Crippen molar-refractivity contribution in [1.29, 1.82) is 0 Å². The minimum atomic E-state index is 0.186. The summed E-state index contributed by atoms with van der Waals surface area (Å²) in [6.45, 7) is 5.11. The number of aromatic nitrogens is 2. The van der Waals surface area contributed by atoms with Crippen LogP contribution in [-0.2, 0) is 11.2 Å². The van der Waals surface area contributed by atoms with E-state index in [2.05, 4.69) is 27.5 Å². The SMILES string of the molecule is CC(CC(=O)NCCCc1nc2ccccc2[nH]1)C1CCNCC1. The van der Waals surface area contributed by atoms with Gasteiger partial charge in [0.2, 0.25) is 5.91 Å². The number of hydrogen-bond donors (Lipinski definition) is 3. The molecule has 5 heteroatoms. The van der Waals surface area contributed by atoms with Crippen molar-refractivity contribution in [2.45, 2.75) is 39.0 Å². The summed E-state index contributed by atoms with van der Waals surface area (Å²) < 4.78 is 0. The number of fused-ring (bicyclic) bond motifs is 1. The lowest BCUT2D eigenvalue weighted by molar-refractivity contribution is -0.122. The molecule has 1 aliphatic rings. The van der Waals surface area contributed by atoms with Gasteiger partial charge in [0.15, 0.2) is 0 Å². The van der Waals surface area contributed by atoms with Crippen molar-refractivity contribution in [2.24, 2.45) is 11.8 Å². The highest BCUT2D eigenvalue weighted by molar-refractivity contribution is 5.76. The van der Waals surface area contributed by atoms with Gasteiger partial charge in [0.05, 0.1) is 11.0 Å². The van der Waals surface area contributed by atoms with Crippen LogP contribution in [0.25, 0.3) is 11.0 Å². The lowest BCUT2D eigenvalue weighted by atomic mass is 9.84. The van der Waals surface area contributed by atoms with Gasteiger partial charge in [0, 0.05) is 19.4 Å². The molecule has 1 atom stereocenters. The number of rotatable bonds is 7. The average molecular weight is 328 g/mol. The van der Waals surface area contributed by atoms with Crippen molar-refractivity contribution in [3.8, 4) is 0 Å². The number of aryl methyl sites for hydroxylation is 1. The number of nitrogens with zero attached hydrogens (tertiary/aromatic N) is 1.